The first-order valence-corrected chi connectivity index (χ1v) is 9.10. The largest absolute Gasteiger partial charge is 0.355 e. The van der Waals surface area contributed by atoms with E-state index in [9.17, 15) is 8.42 Å². The highest BCUT2D eigenvalue weighted by Gasteiger charge is 2.28. The monoisotopic (exact) mass is 473 g/mol. The second kappa shape index (κ2) is 9.68. The molecule has 0 radical (unpaired) electrons. The van der Waals surface area contributed by atoms with E-state index in [0.29, 0.717) is 24.1 Å². The first kappa shape index (κ1) is 22.5. The SMILES string of the molecule is CN=C(NCCS(=O)(=O)C(C)(C)C)NCc1ccccc1Cl.I. The van der Waals surface area contributed by atoms with E-state index in [-0.39, 0.29) is 29.7 Å². The molecule has 1 aromatic rings. The highest BCUT2D eigenvalue weighted by molar-refractivity contribution is 14.0. The van der Waals surface area contributed by atoms with Crippen LogP contribution in [0.5, 0.6) is 0 Å². The topological polar surface area (TPSA) is 70.6 Å². The Balaban J connectivity index is 0.00000484. The van der Waals surface area contributed by atoms with Gasteiger partial charge in [-0.3, -0.25) is 4.99 Å². The number of sulfone groups is 1. The molecule has 0 aromatic heterocycles. The molecule has 2 N–H and O–H groups in total. The Bertz CT molecular complexity index is 628. The van der Waals surface area contributed by atoms with Crippen molar-refractivity contribution in [3.63, 3.8) is 0 Å². The summed E-state index contributed by atoms with van der Waals surface area (Å²) < 4.78 is 23.3. The van der Waals surface area contributed by atoms with Gasteiger partial charge in [0.15, 0.2) is 15.8 Å². The fourth-order valence-electron chi connectivity index (χ4n) is 1.65. The molecule has 5 nitrogen and oxygen atoms in total. The zero-order valence-corrected chi connectivity index (χ0v) is 17.8. The van der Waals surface area contributed by atoms with E-state index in [0.717, 1.165) is 5.56 Å². The number of hydrogen-bond donors (Lipinski definition) is 2. The Morgan fingerprint density at radius 3 is 2.35 bits per heavy atom. The lowest BCUT2D eigenvalue weighted by atomic mass is 10.2. The molecule has 1 aromatic carbocycles. The lowest BCUT2D eigenvalue weighted by Crippen LogP contribution is -2.41. The van der Waals surface area contributed by atoms with Gasteiger partial charge in [-0.1, -0.05) is 29.8 Å². The van der Waals surface area contributed by atoms with Gasteiger partial charge in [0, 0.05) is 25.2 Å². The number of nitrogens with one attached hydrogen (secondary N) is 2. The third kappa shape index (κ3) is 7.26. The van der Waals surface area contributed by atoms with Gasteiger partial charge >= 0.3 is 0 Å². The molecule has 0 aliphatic heterocycles. The maximum Gasteiger partial charge on any atom is 0.191 e. The van der Waals surface area contributed by atoms with E-state index in [4.69, 9.17) is 11.6 Å². The number of hydrogen-bond acceptors (Lipinski definition) is 3. The summed E-state index contributed by atoms with van der Waals surface area (Å²) in [6.07, 6.45) is 0. The van der Waals surface area contributed by atoms with Gasteiger partial charge in [-0.05, 0) is 32.4 Å². The van der Waals surface area contributed by atoms with Crippen LogP contribution in [0.2, 0.25) is 5.02 Å². The Hall–Kier alpha value is -0.540. The molecule has 0 bridgehead atoms. The van der Waals surface area contributed by atoms with Gasteiger partial charge in [-0.25, -0.2) is 8.42 Å². The van der Waals surface area contributed by atoms with E-state index in [1.165, 1.54) is 0 Å². The van der Waals surface area contributed by atoms with Crippen LogP contribution in [0.4, 0.5) is 0 Å². The van der Waals surface area contributed by atoms with Crippen molar-refractivity contribution in [1.82, 2.24) is 10.6 Å². The highest BCUT2D eigenvalue weighted by Crippen LogP contribution is 2.15. The molecule has 0 aliphatic carbocycles. The van der Waals surface area contributed by atoms with E-state index in [1.54, 1.807) is 27.8 Å². The first-order valence-electron chi connectivity index (χ1n) is 7.07. The normalized spacial score (nSPS) is 12.5. The van der Waals surface area contributed by atoms with E-state index >= 15 is 0 Å². The first-order chi connectivity index (χ1) is 10.2. The minimum absolute atomic E-state index is 0. The molecule has 0 aliphatic rings. The average molecular weight is 474 g/mol. The number of halogens is 2. The Morgan fingerprint density at radius 1 is 1.22 bits per heavy atom. The summed E-state index contributed by atoms with van der Waals surface area (Å²) in [5.74, 6) is 0.604. The lowest BCUT2D eigenvalue weighted by Gasteiger charge is -2.20. The zero-order chi connectivity index (χ0) is 16.8. The summed E-state index contributed by atoms with van der Waals surface area (Å²) >= 11 is 6.09. The van der Waals surface area contributed by atoms with Crippen LogP contribution in [-0.4, -0.2) is 38.5 Å². The molecule has 0 heterocycles. The summed E-state index contributed by atoms with van der Waals surface area (Å²) in [7, 11) is -1.50. The molecule has 0 unspecified atom stereocenters. The van der Waals surface area contributed by atoms with E-state index in [1.807, 2.05) is 24.3 Å². The average Bonchev–Trinajstić information content (AvgIpc) is 2.42. The molecule has 0 amide bonds. The number of nitrogens with zero attached hydrogens (tertiary/aromatic N) is 1. The van der Waals surface area contributed by atoms with Crippen molar-refractivity contribution in [3.05, 3.63) is 34.9 Å². The highest BCUT2D eigenvalue weighted by atomic mass is 127. The molecule has 0 saturated carbocycles. The van der Waals surface area contributed by atoms with Crippen molar-refractivity contribution >= 4 is 51.4 Å². The van der Waals surface area contributed by atoms with Crippen molar-refractivity contribution in [2.24, 2.45) is 4.99 Å². The minimum Gasteiger partial charge on any atom is -0.355 e. The molecule has 0 atom stereocenters. The Kier molecular flexibility index (Phi) is 9.46. The third-order valence-corrected chi connectivity index (χ3v) is 6.20. The summed E-state index contributed by atoms with van der Waals surface area (Å²) in [5, 5.41) is 6.80. The van der Waals surface area contributed by atoms with Crippen molar-refractivity contribution in [2.45, 2.75) is 32.1 Å². The van der Waals surface area contributed by atoms with Crippen molar-refractivity contribution in [2.75, 3.05) is 19.3 Å². The second-order valence-electron chi connectivity index (χ2n) is 5.88. The van der Waals surface area contributed by atoms with E-state index in [2.05, 4.69) is 15.6 Å². The van der Waals surface area contributed by atoms with Crippen molar-refractivity contribution in [3.8, 4) is 0 Å². The predicted molar refractivity (Wildman–Crippen MR) is 109 cm³/mol. The molecular weight excluding hydrogens is 449 g/mol. The maximum absolute atomic E-state index is 12.0. The maximum atomic E-state index is 12.0. The summed E-state index contributed by atoms with van der Waals surface area (Å²) in [6.45, 7) is 5.93. The van der Waals surface area contributed by atoms with Crippen molar-refractivity contribution < 1.29 is 8.42 Å². The van der Waals surface area contributed by atoms with Crippen LogP contribution in [0.3, 0.4) is 0 Å². The lowest BCUT2D eigenvalue weighted by molar-refractivity contribution is 0.559. The molecule has 0 spiro atoms. The minimum atomic E-state index is -3.14. The van der Waals surface area contributed by atoms with Crippen LogP contribution in [0, 0.1) is 0 Å². The van der Waals surface area contributed by atoms with Gasteiger partial charge < -0.3 is 10.6 Å². The van der Waals surface area contributed by atoms with Crippen LogP contribution in [0.15, 0.2) is 29.3 Å². The number of aliphatic imine (C=N–C) groups is 1. The van der Waals surface area contributed by atoms with Crippen LogP contribution in [-0.2, 0) is 16.4 Å². The Morgan fingerprint density at radius 2 is 1.83 bits per heavy atom. The molecule has 0 fully saturated rings. The third-order valence-electron chi connectivity index (χ3n) is 3.22. The quantitative estimate of drug-likeness (QED) is 0.392. The van der Waals surface area contributed by atoms with Crippen molar-refractivity contribution in [1.29, 1.82) is 0 Å². The van der Waals surface area contributed by atoms with Crippen LogP contribution in [0.1, 0.15) is 26.3 Å². The second-order valence-corrected chi connectivity index (χ2v) is 9.14. The number of benzene rings is 1. The molecular formula is C15H25ClIN3O2S. The number of rotatable bonds is 5. The van der Waals surface area contributed by atoms with E-state index < -0.39 is 14.6 Å². The summed E-state index contributed by atoms with van der Waals surface area (Å²) in [6, 6.07) is 7.53. The van der Waals surface area contributed by atoms with Gasteiger partial charge in [0.2, 0.25) is 0 Å². The summed E-state index contributed by atoms with van der Waals surface area (Å²) in [4.78, 5) is 4.07. The van der Waals surface area contributed by atoms with Gasteiger partial charge in [-0.2, -0.15) is 0 Å². The van der Waals surface area contributed by atoms with Crippen LogP contribution < -0.4 is 10.6 Å². The molecule has 0 saturated heterocycles. The molecule has 1 rings (SSSR count). The van der Waals surface area contributed by atoms with Crippen LogP contribution >= 0.6 is 35.6 Å². The Labute approximate surface area is 161 Å². The van der Waals surface area contributed by atoms with Gasteiger partial charge in [0.25, 0.3) is 0 Å². The van der Waals surface area contributed by atoms with Gasteiger partial charge in [0.1, 0.15) is 0 Å². The van der Waals surface area contributed by atoms with Gasteiger partial charge in [-0.15, -0.1) is 24.0 Å². The fraction of sp³-hybridized carbons (Fsp3) is 0.533. The fourth-order valence-corrected chi connectivity index (χ4v) is 2.84. The zero-order valence-electron chi connectivity index (χ0n) is 13.9. The standard InChI is InChI=1S/C15H24ClN3O2S.HI/c1-15(2,3)22(20,21)10-9-18-14(17-4)19-11-12-7-5-6-8-13(12)16;/h5-8H,9-11H2,1-4H3,(H2,17,18,19);1H. The molecule has 8 heteroatoms. The number of guanidine groups is 1. The smallest absolute Gasteiger partial charge is 0.191 e. The molecule has 23 heavy (non-hydrogen) atoms. The summed E-state index contributed by atoms with van der Waals surface area (Å²) in [5.41, 5.74) is 0.953. The van der Waals surface area contributed by atoms with Gasteiger partial charge in [0.05, 0.1) is 10.5 Å². The molecule has 132 valence electrons. The van der Waals surface area contributed by atoms with Crippen LogP contribution in [0.25, 0.3) is 0 Å². The predicted octanol–water partition coefficient (Wildman–Crippen LogP) is 2.84.